The number of allylic oxidation sites excluding steroid dienone is 4. The number of carbonyl (C=O) groups is 1. The van der Waals surface area contributed by atoms with E-state index in [4.69, 9.17) is 9.47 Å². The monoisotopic (exact) mass is 438 g/mol. The molecule has 2 aliphatic rings. The van der Waals surface area contributed by atoms with Gasteiger partial charge in [0, 0.05) is 13.1 Å². The Morgan fingerprint density at radius 2 is 2.06 bits per heavy atom. The number of aliphatic imine (C=N–C) groups is 1. The molecule has 1 aliphatic carbocycles. The van der Waals surface area contributed by atoms with Gasteiger partial charge in [0.15, 0.2) is 5.17 Å². The second-order valence-electron chi connectivity index (χ2n) is 6.89. The van der Waals surface area contributed by atoms with Gasteiger partial charge < -0.3 is 14.4 Å². The van der Waals surface area contributed by atoms with Crippen LogP contribution in [0.2, 0.25) is 0 Å². The Hall–Kier alpha value is -3.02. The molecule has 1 aliphatic heterocycles. The molecule has 0 saturated carbocycles. The van der Waals surface area contributed by atoms with Crippen LogP contribution in [0.25, 0.3) is 0 Å². The minimum Gasteiger partial charge on any atom is -0.489 e. The first-order chi connectivity index (χ1) is 15.1. The van der Waals surface area contributed by atoms with E-state index in [0.29, 0.717) is 31.0 Å². The van der Waals surface area contributed by atoms with Gasteiger partial charge in [-0.3, -0.25) is 4.99 Å². The SMILES string of the molecule is CCN=C1SC(C=C2C=CC(OCc3ccc(C(=O)OC)cc3)=CC2)C(=C=O)N1CC. The highest BCUT2D eigenvalue weighted by molar-refractivity contribution is 8.15. The third-order valence-corrected chi connectivity index (χ3v) is 6.06. The van der Waals surface area contributed by atoms with Crippen molar-refractivity contribution in [2.75, 3.05) is 20.2 Å². The number of nitrogens with zero attached hydrogens (tertiary/aromatic N) is 2. The van der Waals surface area contributed by atoms with E-state index in [-0.39, 0.29) is 11.2 Å². The first kappa shape index (κ1) is 22.7. The quantitative estimate of drug-likeness (QED) is 0.467. The van der Waals surface area contributed by atoms with Crippen molar-refractivity contribution in [1.29, 1.82) is 0 Å². The largest absolute Gasteiger partial charge is 0.489 e. The van der Waals surface area contributed by atoms with Gasteiger partial charge in [0.25, 0.3) is 0 Å². The summed E-state index contributed by atoms with van der Waals surface area (Å²) in [6, 6.07) is 7.15. The summed E-state index contributed by atoms with van der Waals surface area (Å²) in [6.45, 7) is 5.79. The maximum absolute atomic E-state index is 11.5. The molecule has 1 unspecified atom stereocenters. The highest BCUT2D eigenvalue weighted by Crippen LogP contribution is 2.35. The number of amidine groups is 1. The fourth-order valence-electron chi connectivity index (χ4n) is 3.27. The number of thioether (sulfide) groups is 1. The molecule has 1 atom stereocenters. The van der Waals surface area contributed by atoms with Gasteiger partial charge in [0.1, 0.15) is 24.0 Å². The summed E-state index contributed by atoms with van der Waals surface area (Å²) < 4.78 is 10.6. The molecule has 0 spiro atoms. The maximum Gasteiger partial charge on any atom is 0.337 e. The van der Waals surface area contributed by atoms with Crippen LogP contribution in [-0.4, -0.2) is 47.4 Å². The van der Waals surface area contributed by atoms with Gasteiger partial charge in [-0.25, -0.2) is 9.59 Å². The van der Waals surface area contributed by atoms with Crippen molar-refractivity contribution in [3.05, 3.63) is 76.7 Å². The van der Waals surface area contributed by atoms with Gasteiger partial charge in [-0.05, 0) is 55.7 Å². The molecule has 6 nitrogen and oxygen atoms in total. The summed E-state index contributed by atoms with van der Waals surface area (Å²) in [5, 5.41) is 0.800. The topological polar surface area (TPSA) is 68.2 Å². The minimum atomic E-state index is -0.354. The molecule has 0 radical (unpaired) electrons. The molecular weight excluding hydrogens is 412 g/mol. The summed E-state index contributed by atoms with van der Waals surface area (Å²) in [5.74, 6) is 2.55. The Balaban J connectivity index is 1.59. The highest BCUT2D eigenvalue weighted by atomic mass is 32.2. The fourth-order valence-corrected chi connectivity index (χ4v) is 4.58. The summed E-state index contributed by atoms with van der Waals surface area (Å²) in [7, 11) is 1.36. The molecule has 1 fully saturated rings. The number of ether oxygens (including phenoxy) is 2. The van der Waals surface area contributed by atoms with E-state index in [2.05, 4.69) is 17.0 Å². The van der Waals surface area contributed by atoms with E-state index >= 15 is 0 Å². The van der Waals surface area contributed by atoms with Crippen LogP contribution in [0.3, 0.4) is 0 Å². The van der Waals surface area contributed by atoms with Crippen LogP contribution in [0.1, 0.15) is 36.2 Å². The van der Waals surface area contributed by atoms with Gasteiger partial charge in [0.2, 0.25) is 0 Å². The Morgan fingerprint density at radius 3 is 2.65 bits per heavy atom. The van der Waals surface area contributed by atoms with E-state index in [9.17, 15) is 9.59 Å². The molecule has 1 heterocycles. The van der Waals surface area contributed by atoms with E-state index < -0.39 is 0 Å². The molecule has 7 heteroatoms. The first-order valence-electron chi connectivity index (χ1n) is 10.2. The lowest BCUT2D eigenvalue weighted by molar-refractivity contribution is 0.0600. The minimum absolute atomic E-state index is 0.0772. The van der Waals surface area contributed by atoms with Crippen molar-refractivity contribution < 1.29 is 19.1 Å². The Bertz CT molecular complexity index is 985. The molecule has 0 amide bonds. The first-order valence-corrected chi connectivity index (χ1v) is 11.1. The molecule has 31 heavy (non-hydrogen) atoms. The van der Waals surface area contributed by atoms with Crippen LogP contribution in [0.4, 0.5) is 0 Å². The molecule has 1 saturated heterocycles. The van der Waals surface area contributed by atoms with E-state index in [1.165, 1.54) is 7.11 Å². The maximum atomic E-state index is 11.5. The molecule has 162 valence electrons. The average Bonchev–Trinajstić information content (AvgIpc) is 3.14. The van der Waals surface area contributed by atoms with Gasteiger partial charge in [-0.2, -0.15) is 0 Å². The second kappa shape index (κ2) is 10.8. The van der Waals surface area contributed by atoms with Crippen molar-refractivity contribution >= 4 is 28.8 Å². The van der Waals surface area contributed by atoms with Crippen LogP contribution in [0, 0.1) is 0 Å². The summed E-state index contributed by atoms with van der Waals surface area (Å²) in [6.07, 6.45) is 8.80. The second-order valence-corrected chi connectivity index (χ2v) is 8.00. The lowest BCUT2D eigenvalue weighted by Gasteiger charge is -2.15. The van der Waals surface area contributed by atoms with Crippen molar-refractivity contribution in [2.45, 2.75) is 32.1 Å². The lowest BCUT2D eigenvalue weighted by Crippen LogP contribution is -2.24. The third kappa shape index (κ3) is 5.57. The van der Waals surface area contributed by atoms with Gasteiger partial charge >= 0.3 is 5.97 Å². The Morgan fingerprint density at radius 1 is 1.29 bits per heavy atom. The third-order valence-electron chi connectivity index (χ3n) is 4.88. The number of carbonyl (C=O) groups excluding carboxylic acids is 2. The van der Waals surface area contributed by atoms with Crippen LogP contribution >= 0.6 is 11.8 Å². The Kier molecular flexibility index (Phi) is 7.93. The molecule has 3 rings (SSSR count). The number of benzene rings is 1. The number of hydrogen-bond donors (Lipinski definition) is 0. The van der Waals surface area contributed by atoms with Crippen LogP contribution in [0.15, 0.2) is 70.6 Å². The van der Waals surface area contributed by atoms with Crippen molar-refractivity contribution in [1.82, 2.24) is 4.90 Å². The summed E-state index contributed by atoms with van der Waals surface area (Å²) in [5.41, 5.74) is 3.23. The van der Waals surface area contributed by atoms with Crippen LogP contribution < -0.4 is 0 Å². The van der Waals surface area contributed by atoms with Crippen molar-refractivity contribution in [3.8, 4) is 0 Å². The smallest absolute Gasteiger partial charge is 0.337 e. The van der Waals surface area contributed by atoms with Gasteiger partial charge in [-0.1, -0.05) is 36.0 Å². The zero-order valence-corrected chi connectivity index (χ0v) is 18.8. The molecule has 0 N–H and O–H groups in total. The standard InChI is InChI=1S/C24H26N2O4S/c1-4-25-24-26(5-2)21(15-27)22(31-24)14-17-8-12-20(13-9-17)30-16-18-6-10-19(11-7-18)23(28)29-3/h6-8,10-14,22H,4-5,9,16H2,1-3H3. The molecule has 1 aromatic rings. The van der Waals surface area contributed by atoms with Gasteiger partial charge in [-0.15, -0.1) is 0 Å². The number of hydrogen-bond acceptors (Lipinski definition) is 6. The van der Waals surface area contributed by atoms with E-state index in [1.807, 2.05) is 49.1 Å². The highest BCUT2D eigenvalue weighted by Gasteiger charge is 2.33. The molecule has 1 aromatic carbocycles. The number of methoxy groups -OCH3 is 1. The van der Waals surface area contributed by atoms with Crippen molar-refractivity contribution in [3.63, 3.8) is 0 Å². The fraction of sp³-hybridized carbons (Fsp3) is 0.333. The number of rotatable bonds is 7. The van der Waals surface area contributed by atoms with Crippen LogP contribution in [-0.2, 0) is 20.9 Å². The van der Waals surface area contributed by atoms with Crippen molar-refractivity contribution in [2.24, 2.45) is 4.99 Å². The Labute approximate surface area is 187 Å². The predicted molar refractivity (Wildman–Crippen MR) is 123 cm³/mol. The van der Waals surface area contributed by atoms with E-state index in [1.54, 1.807) is 23.9 Å². The molecule has 0 aromatic heterocycles. The molecular formula is C24H26N2O4S. The summed E-state index contributed by atoms with van der Waals surface area (Å²) in [4.78, 5) is 29.5. The normalized spacial score (nSPS) is 20.7. The zero-order chi connectivity index (χ0) is 22.2. The summed E-state index contributed by atoms with van der Waals surface area (Å²) >= 11 is 1.59. The average molecular weight is 439 g/mol. The number of esters is 1. The van der Waals surface area contributed by atoms with E-state index in [0.717, 1.165) is 28.5 Å². The van der Waals surface area contributed by atoms with Crippen LogP contribution in [0.5, 0.6) is 0 Å². The predicted octanol–water partition coefficient (Wildman–Crippen LogP) is 4.29. The lowest BCUT2D eigenvalue weighted by atomic mass is 10.0. The zero-order valence-electron chi connectivity index (χ0n) is 18.0. The van der Waals surface area contributed by atoms with Gasteiger partial charge in [0.05, 0.1) is 17.9 Å². The molecule has 0 bridgehead atoms.